The molecular formula is C20H22N2O4S. The third-order valence-corrected chi connectivity index (χ3v) is 5.20. The Kier molecular flexibility index (Phi) is 5.81. The summed E-state index contributed by atoms with van der Waals surface area (Å²) in [6, 6.07) is 11.1. The summed E-state index contributed by atoms with van der Waals surface area (Å²) in [5.41, 5.74) is 0.706. The lowest BCUT2D eigenvalue weighted by molar-refractivity contribution is 0.0777. The van der Waals surface area contributed by atoms with Gasteiger partial charge in [-0.3, -0.25) is 4.79 Å². The summed E-state index contributed by atoms with van der Waals surface area (Å²) in [4.78, 5) is 19.5. The average molecular weight is 386 g/mol. The highest BCUT2D eigenvalue weighted by atomic mass is 32.1. The van der Waals surface area contributed by atoms with Crippen molar-refractivity contribution in [3.05, 3.63) is 52.7 Å². The Morgan fingerprint density at radius 1 is 1.15 bits per heavy atom. The molecular weight excluding hydrogens is 364 g/mol. The van der Waals surface area contributed by atoms with Gasteiger partial charge in [0.15, 0.2) is 10.8 Å². The average Bonchev–Trinajstić information content (AvgIpc) is 3.27. The number of amides is 1. The monoisotopic (exact) mass is 386 g/mol. The van der Waals surface area contributed by atoms with Crippen molar-refractivity contribution in [3.8, 4) is 22.3 Å². The Labute approximate surface area is 162 Å². The standard InChI is InChI=1S/C20H22N2O4S/c1-13-5-10-17(26-13)19-21-14(2)18(27-19)20(23)22(3)11-12-25-16-8-6-15(24-4)7-9-16/h5-10H,11-12H2,1-4H3. The highest BCUT2D eigenvalue weighted by Crippen LogP contribution is 2.29. The minimum Gasteiger partial charge on any atom is -0.497 e. The highest BCUT2D eigenvalue weighted by molar-refractivity contribution is 7.17. The number of likely N-dealkylation sites (N-methyl/N-ethyl adjacent to an activating group) is 1. The molecule has 0 unspecified atom stereocenters. The lowest BCUT2D eigenvalue weighted by Crippen LogP contribution is -2.30. The Morgan fingerprint density at radius 2 is 1.85 bits per heavy atom. The van der Waals surface area contributed by atoms with Gasteiger partial charge in [0.05, 0.1) is 19.3 Å². The lowest BCUT2D eigenvalue weighted by Gasteiger charge is -2.17. The Morgan fingerprint density at radius 3 is 2.48 bits per heavy atom. The molecule has 0 N–H and O–H groups in total. The molecule has 2 heterocycles. The number of carbonyl (C=O) groups excluding carboxylic acids is 1. The van der Waals surface area contributed by atoms with Gasteiger partial charge in [-0.2, -0.15) is 0 Å². The third kappa shape index (κ3) is 4.49. The molecule has 0 spiro atoms. The van der Waals surface area contributed by atoms with E-state index in [1.54, 1.807) is 19.1 Å². The summed E-state index contributed by atoms with van der Waals surface area (Å²) in [5.74, 6) is 2.94. The molecule has 0 saturated heterocycles. The number of carbonyl (C=O) groups is 1. The van der Waals surface area contributed by atoms with Crippen LogP contribution in [0.25, 0.3) is 10.8 Å². The maximum Gasteiger partial charge on any atom is 0.265 e. The van der Waals surface area contributed by atoms with Gasteiger partial charge < -0.3 is 18.8 Å². The van der Waals surface area contributed by atoms with Gasteiger partial charge in [-0.05, 0) is 50.2 Å². The fourth-order valence-corrected chi connectivity index (χ4v) is 3.52. The predicted molar refractivity (Wildman–Crippen MR) is 105 cm³/mol. The normalized spacial score (nSPS) is 10.7. The van der Waals surface area contributed by atoms with E-state index < -0.39 is 0 Å². The molecule has 0 saturated carbocycles. The molecule has 6 nitrogen and oxygen atoms in total. The van der Waals surface area contributed by atoms with E-state index in [-0.39, 0.29) is 5.91 Å². The topological polar surface area (TPSA) is 64.8 Å². The quantitative estimate of drug-likeness (QED) is 0.609. The zero-order valence-corrected chi connectivity index (χ0v) is 16.6. The number of furan rings is 1. The number of hydrogen-bond donors (Lipinski definition) is 0. The second-order valence-electron chi connectivity index (χ2n) is 6.09. The van der Waals surface area contributed by atoms with Gasteiger partial charge in [0.2, 0.25) is 0 Å². The maximum atomic E-state index is 12.7. The fraction of sp³-hybridized carbons (Fsp3) is 0.300. The molecule has 0 fully saturated rings. The van der Waals surface area contributed by atoms with E-state index in [1.165, 1.54) is 11.3 Å². The van der Waals surface area contributed by atoms with Crippen molar-refractivity contribution >= 4 is 17.2 Å². The van der Waals surface area contributed by atoms with Crippen molar-refractivity contribution in [3.63, 3.8) is 0 Å². The number of ether oxygens (including phenoxy) is 2. The number of aromatic nitrogens is 1. The van der Waals surface area contributed by atoms with Crippen molar-refractivity contribution in [1.82, 2.24) is 9.88 Å². The number of hydrogen-bond acceptors (Lipinski definition) is 6. The number of aryl methyl sites for hydroxylation is 2. The van der Waals surface area contributed by atoms with Crippen LogP contribution in [0.2, 0.25) is 0 Å². The Bertz CT molecular complexity index is 914. The van der Waals surface area contributed by atoms with E-state index in [9.17, 15) is 4.79 Å². The number of benzene rings is 1. The summed E-state index contributed by atoms with van der Waals surface area (Å²) in [7, 11) is 3.38. The molecule has 3 aromatic rings. The first kappa shape index (κ1) is 19.0. The molecule has 0 aliphatic heterocycles. The van der Waals surface area contributed by atoms with E-state index in [1.807, 2.05) is 50.2 Å². The number of rotatable bonds is 7. The molecule has 0 radical (unpaired) electrons. The van der Waals surface area contributed by atoms with E-state index in [0.29, 0.717) is 34.5 Å². The van der Waals surface area contributed by atoms with E-state index in [2.05, 4.69) is 4.98 Å². The second-order valence-corrected chi connectivity index (χ2v) is 7.09. The van der Waals surface area contributed by atoms with Crippen molar-refractivity contribution in [2.45, 2.75) is 13.8 Å². The lowest BCUT2D eigenvalue weighted by atomic mass is 10.3. The van der Waals surface area contributed by atoms with Crippen molar-refractivity contribution in [2.75, 3.05) is 27.3 Å². The molecule has 142 valence electrons. The van der Waals surface area contributed by atoms with Crippen LogP contribution < -0.4 is 9.47 Å². The first-order valence-corrected chi connectivity index (χ1v) is 9.36. The van der Waals surface area contributed by atoms with Gasteiger partial charge in [-0.1, -0.05) is 0 Å². The molecule has 0 atom stereocenters. The first-order valence-electron chi connectivity index (χ1n) is 8.54. The van der Waals surface area contributed by atoms with E-state index in [0.717, 1.165) is 17.3 Å². The molecule has 7 heteroatoms. The van der Waals surface area contributed by atoms with Crippen LogP contribution in [-0.2, 0) is 0 Å². The van der Waals surface area contributed by atoms with Gasteiger partial charge in [-0.15, -0.1) is 11.3 Å². The second kappa shape index (κ2) is 8.26. The smallest absolute Gasteiger partial charge is 0.265 e. The third-order valence-electron chi connectivity index (χ3n) is 4.04. The molecule has 1 aromatic carbocycles. The molecule has 3 rings (SSSR count). The fourth-order valence-electron chi connectivity index (χ4n) is 2.50. The molecule has 0 bridgehead atoms. The van der Waals surface area contributed by atoms with Crippen LogP contribution in [0.1, 0.15) is 21.1 Å². The minimum absolute atomic E-state index is 0.0714. The van der Waals surface area contributed by atoms with Crippen molar-refractivity contribution in [2.24, 2.45) is 0 Å². The van der Waals surface area contributed by atoms with Crippen LogP contribution in [0, 0.1) is 13.8 Å². The van der Waals surface area contributed by atoms with Gasteiger partial charge in [0.1, 0.15) is 28.7 Å². The summed E-state index contributed by atoms with van der Waals surface area (Å²) < 4.78 is 16.4. The zero-order valence-electron chi connectivity index (χ0n) is 15.8. The van der Waals surface area contributed by atoms with Crippen molar-refractivity contribution in [1.29, 1.82) is 0 Å². The summed E-state index contributed by atoms with van der Waals surface area (Å²) in [6.45, 7) is 4.59. The van der Waals surface area contributed by atoms with Crippen LogP contribution in [0.5, 0.6) is 11.5 Å². The van der Waals surface area contributed by atoms with Gasteiger partial charge in [-0.25, -0.2) is 4.98 Å². The zero-order chi connectivity index (χ0) is 19.4. The summed E-state index contributed by atoms with van der Waals surface area (Å²) >= 11 is 1.35. The predicted octanol–water partition coefficient (Wildman–Crippen LogP) is 4.18. The van der Waals surface area contributed by atoms with E-state index in [4.69, 9.17) is 13.9 Å². The molecule has 1 amide bonds. The first-order chi connectivity index (χ1) is 13.0. The van der Waals surface area contributed by atoms with Crippen LogP contribution in [-0.4, -0.2) is 43.1 Å². The Hall–Kier alpha value is -2.80. The minimum atomic E-state index is -0.0714. The Balaban J connectivity index is 1.59. The highest BCUT2D eigenvalue weighted by Gasteiger charge is 2.20. The molecule has 0 aliphatic rings. The van der Waals surface area contributed by atoms with Gasteiger partial charge in [0.25, 0.3) is 5.91 Å². The number of nitrogens with zero attached hydrogens (tertiary/aromatic N) is 2. The molecule has 2 aromatic heterocycles. The van der Waals surface area contributed by atoms with Crippen LogP contribution in [0.3, 0.4) is 0 Å². The summed E-state index contributed by atoms with van der Waals surface area (Å²) in [5, 5.41) is 0.715. The maximum absolute atomic E-state index is 12.7. The van der Waals surface area contributed by atoms with E-state index >= 15 is 0 Å². The van der Waals surface area contributed by atoms with Crippen LogP contribution >= 0.6 is 11.3 Å². The summed E-state index contributed by atoms with van der Waals surface area (Å²) in [6.07, 6.45) is 0. The van der Waals surface area contributed by atoms with Crippen LogP contribution in [0.15, 0.2) is 40.8 Å². The van der Waals surface area contributed by atoms with Crippen LogP contribution in [0.4, 0.5) is 0 Å². The molecule has 27 heavy (non-hydrogen) atoms. The van der Waals surface area contributed by atoms with Gasteiger partial charge in [0, 0.05) is 7.05 Å². The number of thiazole rings is 1. The largest absolute Gasteiger partial charge is 0.497 e. The van der Waals surface area contributed by atoms with Crippen molar-refractivity contribution < 1.29 is 18.7 Å². The van der Waals surface area contributed by atoms with Gasteiger partial charge >= 0.3 is 0 Å². The number of methoxy groups -OCH3 is 1. The molecule has 0 aliphatic carbocycles. The SMILES string of the molecule is COc1ccc(OCCN(C)C(=O)c2sc(-c3ccc(C)o3)nc2C)cc1.